The van der Waals surface area contributed by atoms with E-state index in [1.54, 1.807) is 19.3 Å². The quantitative estimate of drug-likeness (QED) is 0.884. The Hall–Kier alpha value is -1.91. The van der Waals surface area contributed by atoms with Gasteiger partial charge in [-0.1, -0.05) is 0 Å². The van der Waals surface area contributed by atoms with Crippen molar-refractivity contribution >= 4 is 11.8 Å². The molecule has 0 spiro atoms. The van der Waals surface area contributed by atoms with Crippen molar-refractivity contribution in [1.29, 1.82) is 0 Å². The Morgan fingerprint density at radius 1 is 1.16 bits per heavy atom. The number of hydrogen-bond acceptors (Lipinski definition) is 3. The van der Waals surface area contributed by atoms with Gasteiger partial charge < -0.3 is 10.6 Å². The Labute approximate surface area is 149 Å². The maximum Gasteiger partial charge on any atom is 0.226 e. The third kappa shape index (κ3) is 2.94. The van der Waals surface area contributed by atoms with Crippen LogP contribution in [0.4, 0.5) is 0 Å². The zero-order valence-electron chi connectivity index (χ0n) is 15.0. The van der Waals surface area contributed by atoms with Crippen LogP contribution in [0.15, 0.2) is 24.5 Å². The van der Waals surface area contributed by atoms with Crippen LogP contribution in [0.3, 0.4) is 0 Å². The van der Waals surface area contributed by atoms with Crippen LogP contribution in [-0.4, -0.2) is 22.3 Å². The number of carbonyl (C=O) groups is 2. The van der Waals surface area contributed by atoms with Gasteiger partial charge in [0.05, 0.1) is 11.5 Å². The molecule has 2 unspecified atom stereocenters. The highest BCUT2D eigenvalue weighted by Gasteiger charge is 2.60. The van der Waals surface area contributed by atoms with Gasteiger partial charge >= 0.3 is 0 Å². The van der Waals surface area contributed by atoms with Gasteiger partial charge in [0.1, 0.15) is 0 Å². The molecule has 2 amide bonds. The summed E-state index contributed by atoms with van der Waals surface area (Å²) in [6.07, 6.45) is 9.55. The lowest BCUT2D eigenvalue weighted by atomic mass is 9.46. The largest absolute Gasteiger partial charge is 0.351 e. The van der Waals surface area contributed by atoms with Crippen LogP contribution < -0.4 is 10.6 Å². The summed E-state index contributed by atoms with van der Waals surface area (Å²) in [6, 6.07) is 3.87. The first-order valence-electron chi connectivity index (χ1n) is 9.39. The molecule has 0 aromatic carbocycles. The van der Waals surface area contributed by atoms with Gasteiger partial charge in [-0.25, -0.2) is 0 Å². The summed E-state index contributed by atoms with van der Waals surface area (Å²) in [4.78, 5) is 29.1. The number of nitrogens with zero attached hydrogens (tertiary/aromatic N) is 1. The Morgan fingerprint density at radius 2 is 1.80 bits per heavy atom. The molecule has 1 aromatic rings. The topological polar surface area (TPSA) is 71.1 Å². The molecule has 0 saturated heterocycles. The van der Waals surface area contributed by atoms with Gasteiger partial charge in [-0.15, -0.1) is 0 Å². The molecule has 0 radical (unpaired) electrons. The van der Waals surface area contributed by atoms with Gasteiger partial charge in [0.2, 0.25) is 11.8 Å². The first-order valence-corrected chi connectivity index (χ1v) is 9.39. The lowest BCUT2D eigenvalue weighted by Crippen LogP contribution is -2.65. The number of amides is 2. The summed E-state index contributed by atoms with van der Waals surface area (Å²) < 4.78 is 0. The minimum absolute atomic E-state index is 0.0276. The van der Waals surface area contributed by atoms with Crippen LogP contribution in [-0.2, 0) is 9.59 Å². The Morgan fingerprint density at radius 3 is 2.40 bits per heavy atom. The Bertz CT molecular complexity index is 673. The molecule has 134 valence electrons. The van der Waals surface area contributed by atoms with Crippen molar-refractivity contribution in [3.8, 4) is 0 Å². The van der Waals surface area contributed by atoms with Gasteiger partial charge in [-0.05, 0) is 75.0 Å². The molecule has 4 aliphatic rings. The van der Waals surface area contributed by atoms with Crippen molar-refractivity contribution < 1.29 is 9.59 Å². The normalized spacial score (nSPS) is 36.7. The van der Waals surface area contributed by atoms with Crippen molar-refractivity contribution in [2.75, 3.05) is 0 Å². The van der Waals surface area contributed by atoms with Crippen molar-refractivity contribution in [2.24, 2.45) is 17.3 Å². The second kappa shape index (κ2) is 5.82. The standard InChI is InChI=1S/C20H27N3O2/c1-13(17-3-5-21-6-4-17)22-18(25)19-8-15-7-16(9-19)11-20(10-15,12-19)23-14(2)24/h3-6,13,15-16H,7-12H2,1-2H3,(H,22,25)(H,23,24)/t13-,15-,16+,19?,20?/m0/s1. The molecule has 5 heteroatoms. The van der Waals surface area contributed by atoms with Crippen LogP contribution in [0, 0.1) is 17.3 Å². The van der Waals surface area contributed by atoms with E-state index >= 15 is 0 Å². The SMILES string of the molecule is CC(=O)NC12C[C@H]3C[C@@H](C1)CC(C(=O)N[C@@H](C)c1ccncc1)(C3)C2. The third-order valence-electron chi connectivity index (χ3n) is 6.54. The fourth-order valence-corrected chi connectivity index (χ4v) is 6.13. The molecule has 0 aliphatic heterocycles. The Balaban J connectivity index is 1.55. The fraction of sp³-hybridized carbons (Fsp3) is 0.650. The van der Waals surface area contributed by atoms with E-state index in [4.69, 9.17) is 0 Å². The highest BCUT2D eigenvalue weighted by molar-refractivity contribution is 5.84. The molecule has 5 atom stereocenters. The summed E-state index contributed by atoms with van der Waals surface area (Å²) >= 11 is 0. The second-order valence-electron chi connectivity index (χ2n) is 8.68. The van der Waals surface area contributed by atoms with Crippen LogP contribution in [0.25, 0.3) is 0 Å². The van der Waals surface area contributed by atoms with Gasteiger partial charge in [-0.3, -0.25) is 14.6 Å². The van der Waals surface area contributed by atoms with E-state index in [1.165, 1.54) is 6.42 Å². The van der Waals surface area contributed by atoms with E-state index in [0.29, 0.717) is 11.8 Å². The predicted octanol–water partition coefficient (Wildman–Crippen LogP) is 2.73. The van der Waals surface area contributed by atoms with Gasteiger partial charge in [0.25, 0.3) is 0 Å². The minimum Gasteiger partial charge on any atom is -0.351 e. The molecule has 4 fully saturated rings. The molecule has 2 N–H and O–H groups in total. The summed E-state index contributed by atoms with van der Waals surface area (Å²) in [5.74, 6) is 1.33. The minimum atomic E-state index is -0.312. The van der Waals surface area contributed by atoms with E-state index in [1.807, 2.05) is 19.1 Å². The molecule has 25 heavy (non-hydrogen) atoms. The number of aromatic nitrogens is 1. The molecule has 4 aliphatic carbocycles. The number of nitrogens with one attached hydrogen (secondary N) is 2. The summed E-state index contributed by atoms with van der Waals surface area (Å²) in [7, 11) is 0. The molecule has 5 nitrogen and oxygen atoms in total. The lowest BCUT2D eigenvalue weighted by molar-refractivity contribution is -0.153. The molecule has 5 rings (SSSR count). The molecule has 4 saturated carbocycles. The first kappa shape index (κ1) is 16.6. The van der Waals surface area contributed by atoms with Crippen LogP contribution >= 0.6 is 0 Å². The predicted molar refractivity (Wildman–Crippen MR) is 94.5 cm³/mol. The zero-order chi connectivity index (χ0) is 17.7. The zero-order valence-corrected chi connectivity index (χ0v) is 15.0. The monoisotopic (exact) mass is 341 g/mol. The van der Waals surface area contributed by atoms with Crippen molar-refractivity contribution in [2.45, 2.75) is 64.0 Å². The lowest BCUT2D eigenvalue weighted by Gasteiger charge is -2.61. The second-order valence-corrected chi connectivity index (χ2v) is 8.68. The van der Waals surface area contributed by atoms with E-state index in [9.17, 15) is 9.59 Å². The number of rotatable bonds is 4. The average molecular weight is 341 g/mol. The molecular formula is C20H27N3O2. The number of carbonyl (C=O) groups excluding carboxylic acids is 2. The molecule has 1 heterocycles. The van der Waals surface area contributed by atoms with Gasteiger partial charge in [-0.2, -0.15) is 0 Å². The van der Waals surface area contributed by atoms with E-state index in [0.717, 1.165) is 37.7 Å². The average Bonchev–Trinajstić information content (AvgIpc) is 2.53. The van der Waals surface area contributed by atoms with Gasteiger partial charge in [0.15, 0.2) is 0 Å². The summed E-state index contributed by atoms with van der Waals surface area (Å²) in [5.41, 5.74) is 0.603. The highest BCUT2D eigenvalue weighted by Crippen LogP contribution is 2.61. The van der Waals surface area contributed by atoms with E-state index < -0.39 is 0 Å². The van der Waals surface area contributed by atoms with Gasteiger partial charge in [0, 0.05) is 24.9 Å². The van der Waals surface area contributed by atoms with Crippen molar-refractivity contribution in [1.82, 2.24) is 15.6 Å². The molecule has 1 aromatic heterocycles. The maximum absolute atomic E-state index is 13.3. The number of hydrogen-bond donors (Lipinski definition) is 2. The van der Waals surface area contributed by atoms with Crippen molar-refractivity contribution in [3.05, 3.63) is 30.1 Å². The molecule has 4 bridgehead atoms. The van der Waals surface area contributed by atoms with E-state index in [-0.39, 0.29) is 28.8 Å². The summed E-state index contributed by atoms with van der Waals surface area (Å²) in [6.45, 7) is 3.62. The number of pyridine rings is 1. The third-order valence-corrected chi connectivity index (χ3v) is 6.54. The summed E-state index contributed by atoms with van der Waals surface area (Å²) in [5, 5.41) is 6.47. The highest BCUT2D eigenvalue weighted by atomic mass is 16.2. The van der Waals surface area contributed by atoms with Crippen molar-refractivity contribution in [3.63, 3.8) is 0 Å². The smallest absolute Gasteiger partial charge is 0.226 e. The fourth-order valence-electron chi connectivity index (χ4n) is 6.13. The molecular weight excluding hydrogens is 314 g/mol. The van der Waals surface area contributed by atoms with E-state index in [2.05, 4.69) is 15.6 Å². The maximum atomic E-state index is 13.3. The Kier molecular flexibility index (Phi) is 3.85. The van der Waals surface area contributed by atoms with Crippen LogP contribution in [0.1, 0.15) is 64.0 Å². The van der Waals surface area contributed by atoms with Crippen LogP contribution in [0.5, 0.6) is 0 Å². The first-order chi connectivity index (χ1) is 11.9. The van der Waals surface area contributed by atoms with Crippen LogP contribution in [0.2, 0.25) is 0 Å².